The van der Waals surface area contributed by atoms with E-state index in [4.69, 9.17) is 5.73 Å². The summed E-state index contributed by atoms with van der Waals surface area (Å²) in [6, 6.07) is 7.47. The molecule has 2 aromatic heterocycles. The lowest BCUT2D eigenvalue weighted by molar-refractivity contribution is -0.138. The summed E-state index contributed by atoms with van der Waals surface area (Å²) in [5, 5.41) is 13.4. The third-order valence-electron chi connectivity index (χ3n) is 3.81. The van der Waals surface area contributed by atoms with Gasteiger partial charge in [0.25, 0.3) is 0 Å². The number of nitriles is 1. The molecule has 0 bridgehead atoms. The summed E-state index contributed by atoms with van der Waals surface area (Å²) in [5.74, 6) is -0.287. The normalized spacial score (nSPS) is 12.0. The van der Waals surface area contributed by atoms with Gasteiger partial charge in [-0.15, -0.1) is 0 Å². The van der Waals surface area contributed by atoms with Gasteiger partial charge < -0.3 is 5.73 Å². The van der Waals surface area contributed by atoms with Crippen LogP contribution in [0, 0.1) is 11.3 Å². The van der Waals surface area contributed by atoms with Crippen LogP contribution in [0.15, 0.2) is 42.6 Å². The highest BCUT2D eigenvalue weighted by Gasteiger charge is 2.31. The van der Waals surface area contributed by atoms with E-state index in [1.807, 2.05) is 0 Å². The quantitative estimate of drug-likeness (QED) is 0.649. The Morgan fingerprint density at radius 2 is 1.46 bits per heavy atom. The van der Waals surface area contributed by atoms with E-state index < -0.39 is 23.5 Å². The minimum atomic E-state index is -4.58. The molecule has 0 unspecified atom stereocenters. The smallest absolute Gasteiger partial charge is 0.382 e. The molecule has 0 spiro atoms. The average Bonchev–Trinajstić information content (AvgIpc) is 2.97. The summed E-state index contributed by atoms with van der Waals surface area (Å²) < 4.78 is 77.0. The molecular weight excluding hydrogens is 388 g/mol. The Morgan fingerprint density at radius 1 is 0.893 bits per heavy atom. The Labute approximate surface area is 153 Å². The molecule has 2 N–H and O–H groups in total. The van der Waals surface area contributed by atoms with Crippen LogP contribution in [-0.4, -0.2) is 14.8 Å². The van der Waals surface area contributed by atoms with E-state index in [0.29, 0.717) is 6.20 Å². The van der Waals surface area contributed by atoms with Gasteiger partial charge in [-0.3, -0.25) is 0 Å². The molecule has 3 aromatic rings. The first-order chi connectivity index (χ1) is 13.0. The number of alkyl halides is 6. The lowest BCUT2D eigenvalue weighted by atomic mass is 10.1. The van der Waals surface area contributed by atoms with Crippen LogP contribution >= 0.6 is 0 Å². The molecule has 0 radical (unpaired) electrons. The maximum atomic E-state index is 12.7. The van der Waals surface area contributed by atoms with Crippen molar-refractivity contribution in [3.05, 3.63) is 59.3 Å². The number of halogens is 6. The summed E-state index contributed by atoms with van der Waals surface area (Å²) in [4.78, 5) is 3.65. The van der Waals surface area contributed by atoms with E-state index >= 15 is 0 Å². The highest BCUT2D eigenvalue weighted by atomic mass is 19.4. The van der Waals surface area contributed by atoms with E-state index in [9.17, 15) is 31.6 Å². The van der Waals surface area contributed by atoms with Crippen molar-refractivity contribution in [2.75, 3.05) is 5.73 Å². The van der Waals surface area contributed by atoms with Crippen LogP contribution in [0.25, 0.3) is 17.1 Å². The van der Waals surface area contributed by atoms with Gasteiger partial charge in [-0.2, -0.15) is 41.4 Å². The largest absolute Gasteiger partial charge is 0.417 e. The highest BCUT2D eigenvalue weighted by molar-refractivity contribution is 5.73. The number of anilines is 1. The van der Waals surface area contributed by atoms with Crippen molar-refractivity contribution in [1.82, 2.24) is 14.8 Å². The molecule has 3 rings (SSSR count). The average molecular weight is 397 g/mol. The highest BCUT2D eigenvalue weighted by Crippen LogP contribution is 2.33. The van der Waals surface area contributed by atoms with Crippen molar-refractivity contribution in [3.63, 3.8) is 0 Å². The van der Waals surface area contributed by atoms with E-state index in [1.165, 1.54) is 0 Å². The molecule has 0 aliphatic rings. The maximum Gasteiger partial charge on any atom is 0.417 e. The lowest BCUT2D eigenvalue weighted by Gasteiger charge is -2.07. The Hall–Kier alpha value is -3.55. The van der Waals surface area contributed by atoms with Gasteiger partial charge in [-0.1, -0.05) is 12.1 Å². The van der Waals surface area contributed by atoms with Gasteiger partial charge in [0.05, 0.1) is 11.1 Å². The summed E-state index contributed by atoms with van der Waals surface area (Å²) >= 11 is 0. The zero-order chi connectivity index (χ0) is 20.7. The molecule has 0 saturated heterocycles. The summed E-state index contributed by atoms with van der Waals surface area (Å²) in [6.45, 7) is 0. The van der Waals surface area contributed by atoms with Crippen LogP contribution in [0.2, 0.25) is 0 Å². The number of nitrogens with two attached hydrogens (primary N) is 1. The second-order valence-electron chi connectivity index (χ2n) is 5.61. The number of nitrogens with zero attached hydrogens (tertiary/aromatic N) is 4. The number of aromatic nitrogens is 3. The van der Waals surface area contributed by atoms with E-state index in [0.717, 1.165) is 41.1 Å². The Morgan fingerprint density at radius 3 is 1.93 bits per heavy atom. The van der Waals surface area contributed by atoms with Crippen molar-refractivity contribution < 1.29 is 26.3 Å². The minimum absolute atomic E-state index is 0.0181. The zero-order valence-corrected chi connectivity index (χ0v) is 13.7. The maximum absolute atomic E-state index is 12.7. The third kappa shape index (κ3) is 3.48. The number of rotatable bonds is 2. The molecule has 144 valence electrons. The van der Waals surface area contributed by atoms with E-state index in [2.05, 4.69) is 10.1 Å². The van der Waals surface area contributed by atoms with Crippen molar-refractivity contribution in [3.8, 4) is 23.1 Å². The lowest BCUT2D eigenvalue weighted by Crippen LogP contribution is -2.08. The first kappa shape index (κ1) is 19.2. The van der Waals surface area contributed by atoms with Gasteiger partial charge >= 0.3 is 12.4 Å². The molecule has 5 nitrogen and oxygen atoms in total. The van der Waals surface area contributed by atoms with Gasteiger partial charge in [0.15, 0.2) is 5.82 Å². The molecule has 2 heterocycles. The van der Waals surface area contributed by atoms with Gasteiger partial charge in [-0.05, 0) is 24.3 Å². The minimum Gasteiger partial charge on any atom is -0.382 e. The second kappa shape index (κ2) is 6.56. The molecule has 11 heteroatoms. The molecular formula is C17H9F6N5. The molecule has 0 aliphatic carbocycles. The molecule has 0 atom stereocenters. The number of hydrogen-bond acceptors (Lipinski definition) is 4. The molecule has 0 amide bonds. The first-order valence-corrected chi connectivity index (χ1v) is 7.52. The molecule has 1 aromatic carbocycles. The Bertz CT molecular complexity index is 1040. The van der Waals surface area contributed by atoms with Crippen molar-refractivity contribution in [2.24, 2.45) is 0 Å². The zero-order valence-electron chi connectivity index (χ0n) is 13.7. The number of nitrogen functional groups attached to an aromatic ring is 1. The predicted octanol–water partition coefficient (Wildman–Crippen LogP) is 4.43. The van der Waals surface area contributed by atoms with E-state index in [-0.39, 0.29) is 28.5 Å². The summed E-state index contributed by atoms with van der Waals surface area (Å²) in [6.07, 6.45) is -8.52. The third-order valence-corrected chi connectivity index (χ3v) is 3.81. The fourth-order valence-corrected chi connectivity index (χ4v) is 2.41. The Balaban J connectivity index is 2.05. The van der Waals surface area contributed by atoms with Crippen LogP contribution < -0.4 is 5.73 Å². The summed E-state index contributed by atoms with van der Waals surface area (Å²) in [5.41, 5.74) is 4.01. The standard InChI is InChI=1S/C17H9F6N5/c18-16(19,20)10-3-1-9(2-4-10)14-12(7-24)15(25)28(27-14)13-6-5-11(8-26-13)17(21,22)23/h1-6,8H,25H2. The van der Waals surface area contributed by atoms with Crippen molar-refractivity contribution in [1.29, 1.82) is 5.26 Å². The predicted molar refractivity (Wildman–Crippen MR) is 85.9 cm³/mol. The van der Waals surface area contributed by atoms with Crippen molar-refractivity contribution in [2.45, 2.75) is 12.4 Å². The number of hydrogen-bond donors (Lipinski definition) is 1. The van der Waals surface area contributed by atoms with Crippen molar-refractivity contribution >= 4 is 5.82 Å². The van der Waals surface area contributed by atoms with Crippen LogP contribution in [0.3, 0.4) is 0 Å². The van der Waals surface area contributed by atoms with Crippen LogP contribution in [0.1, 0.15) is 16.7 Å². The second-order valence-corrected chi connectivity index (χ2v) is 5.61. The van der Waals surface area contributed by atoms with Gasteiger partial charge in [0, 0.05) is 11.8 Å². The number of benzene rings is 1. The first-order valence-electron chi connectivity index (χ1n) is 7.52. The monoisotopic (exact) mass is 397 g/mol. The molecule has 0 aliphatic heterocycles. The fraction of sp³-hybridized carbons (Fsp3) is 0.118. The van der Waals surface area contributed by atoms with Gasteiger partial charge in [0.2, 0.25) is 0 Å². The van der Waals surface area contributed by atoms with E-state index in [1.54, 1.807) is 6.07 Å². The van der Waals surface area contributed by atoms with Crippen LogP contribution in [0.4, 0.5) is 32.2 Å². The fourth-order valence-electron chi connectivity index (χ4n) is 2.41. The van der Waals surface area contributed by atoms with Gasteiger partial charge in [-0.25, -0.2) is 4.98 Å². The summed E-state index contributed by atoms with van der Waals surface area (Å²) in [7, 11) is 0. The Kier molecular flexibility index (Phi) is 4.50. The molecule has 28 heavy (non-hydrogen) atoms. The van der Waals surface area contributed by atoms with Gasteiger partial charge in [0.1, 0.15) is 23.1 Å². The molecule has 0 fully saturated rings. The molecule has 0 saturated carbocycles. The topological polar surface area (TPSA) is 80.5 Å². The van der Waals surface area contributed by atoms with Crippen LogP contribution in [-0.2, 0) is 12.4 Å². The van der Waals surface area contributed by atoms with Crippen LogP contribution in [0.5, 0.6) is 0 Å². The SMILES string of the molecule is N#Cc1c(-c2ccc(C(F)(F)F)cc2)nn(-c2ccc(C(F)(F)F)cn2)c1N. The number of pyridine rings is 1.